The Bertz CT molecular complexity index is 568. The number of carbonyl (C=O) groups is 3. The predicted octanol–water partition coefficient (Wildman–Crippen LogP) is -0.0679. The van der Waals surface area contributed by atoms with Crippen molar-refractivity contribution in [2.45, 2.75) is 13.3 Å². The van der Waals surface area contributed by atoms with Gasteiger partial charge in [0.05, 0.1) is 5.92 Å². The summed E-state index contributed by atoms with van der Waals surface area (Å²) in [5.41, 5.74) is 12.1. The van der Waals surface area contributed by atoms with Crippen molar-refractivity contribution in [2.24, 2.45) is 17.4 Å². The van der Waals surface area contributed by atoms with E-state index in [9.17, 15) is 14.4 Å². The zero-order valence-corrected chi connectivity index (χ0v) is 10.6. The highest BCUT2D eigenvalue weighted by Gasteiger charge is 2.34. The molecule has 1 aliphatic rings. The molecular weight excluding hydrogens is 246 g/mol. The molecule has 6 heteroatoms. The quantitative estimate of drug-likeness (QED) is 0.795. The van der Waals surface area contributed by atoms with Crippen molar-refractivity contribution < 1.29 is 14.4 Å². The Balaban J connectivity index is 2.38. The third kappa shape index (κ3) is 2.29. The molecule has 0 bridgehead atoms. The zero-order valence-electron chi connectivity index (χ0n) is 10.6. The van der Waals surface area contributed by atoms with Crippen LogP contribution in [-0.4, -0.2) is 24.3 Å². The van der Waals surface area contributed by atoms with Gasteiger partial charge in [0, 0.05) is 24.2 Å². The molecule has 2 rings (SSSR count). The topological polar surface area (TPSA) is 106 Å². The summed E-state index contributed by atoms with van der Waals surface area (Å²) in [7, 11) is 0. The highest BCUT2D eigenvalue weighted by Crippen LogP contribution is 2.29. The van der Waals surface area contributed by atoms with E-state index in [4.69, 9.17) is 11.5 Å². The Labute approximate surface area is 110 Å². The number of rotatable bonds is 3. The molecule has 1 fully saturated rings. The van der Waals surface area contributed by atoms with E-state index in [0.717, 1.165) is 0 Å². The Morgan fingerprint density at radius 3 is 2.53 bits per heavy atom. The highest BCUT2D eigenvalue weighted by atomic mass is 16.2. The largest absolute Gasteiger partial charge is 0.369 e. The monoisotopic (exact) mass is 261 g/mol. The number of carbonyl (C=O) groups excluding carboxylic acids is 3. The maximum absolute atomic E-state index is 11.9. The van der Waals surface area contributed by atoms with Gasteiger partial charge in [0.25, 0.3) is 0 Å². The van der Waals surface area contributed by atoms with Crippen molar-refractivity contribution in [2.75, 3.05) is 11.4 Å². The van der Waals surface area contributed by atoms with Gasteiger partial charge in [0.15, 0.2) is 0 Å². The average Bonchev–Trinajstić information content (AvgIpc) is 2.71. The Kier molecular flexibility index (Phi) is 3.25. The van der Waals surface area contributed by atoms with Crippen LogP contribution in [-0.2, 0) is 9.59 Å². The number of primary amides is 2. The van der Waals surface area contributed by atoms with Crippen LogP contribution in [0.1, 0.15) is 22.3 Å². The van der Waals surface area contributed by atoms with Gasteiger partial charge < -0.3 is 16.4 Å². The molecule has 4 N–H and O–H groups in total. The van der Waals surface area contributed by atoms with Gasteiger partial charge >= 0.3 is 0 Å². The van der Waals surface area contributed by atoms with Crippen molar-refractivity contribution in [3.63, 3.8) is 0 Å². The first kappa shape index (κ1) is 13.1. The van der Waals surface area contributed by atoms with E-state index < -0.39 is 17.7 Å². The number of amides is 3. The van der Waals surface area contributed by atoms with Gasteiger partial charge in [0.1, 0.15) is 0 Å². The normalized spacial score (nSPS) is 18.7. The second kappa shape index (κ2) is 4.72. The lowest BCUT2D eigenvalue weighted by molar-refractivity contribution is -0.123. The third-order valence-electron chi connectivity index (χ3n) is 3.39. The van der Waals surface area contributed by atoms with Gasteiger partial charge in [-0.2, -0.15) is 0 Å². The Morgan fingerprint density at radius 2 is 2.00 bits per heavy atom. The van der Waals surface area contributed by atoms with E-state index in [-0.39, 0.29) is 18.9 Å². The van der Waals surface area contributed by atoms with Gasteiger partial charge in [-0.15, -0.1) is 0 Å². The van der Waals surface area contributed by atoms with Gasteiger partial charge in [0.2, 0.25) is 17.7 Å². The lowest BCUT2D eigenvalue weighted by Crippen LogP contribution is -2.29. The number of nitrogens with zero attached hydrogens (tertiary/aromatic N) is 1. The van der Waals surface area contributed by atoms with Crippen molar-refractivity contribution in [1.29, 1.82) is 0 Å². The molecule has 0 spiro atoms. The first-order valence-corrected chi connectivity index (χ1v) is 5.91. The summed E-state index contributed by atoms with van der Waals surface area (Å²) < 4.78 is 0. The molecular formula is C13H15N3O3. The molecule has 1 heterocycles. The molecule has 0 radical (unpaired) electrons. The van der Waals surface area contributed by atoms with Crippen molar-refractivity contribution >= 4 is 23.4 Å². The van der Waals surface area contributed by atoms with Crippen LogP contribution in [0.15, 0.2) is 18.2 Å². The molecule has 19 heavy (non-hydrogen) atoms. The second-order valence-corrected chi connectivity index (χ2v) is 4.62. The summed E-state index contributed by atoms with van der Waals surface area (Å²) in [4.78, 5) is 35.8. The van der Waals surface area contributed by atoms with E-state index in [1.54, 1.807) is 25.1 Å². The molecule has 100 valence electrons. The minimum absolute atomic E-state index is 0.107. The standard InChI is InChI=1S/C13H15N3O3/c1-7-9(13(15)19)3-2-4-10(7)16-6-8(12(14)18)5-11(16)17/h2-4,8H,5-6H2,1H3,(H2,14,18)(H2,15,19). The number of hydrogen-bond donors (Lipinski definition) is 2. The fourth-order valence-electron chi connectivity index (χ4n) is 2.31. The molecule has 1 aliphatic heterocycles. The van der Waals surface area contributed by atoms with Crippen LogP contribution >= 0.6 is 0 Å². The van der Waals surface area contributed by atoms with Crippen LogP contribution < -0.4 is 16.4 Å². The van der Waals surface area contributed by atoms with Crippen LogP contribution in [0, 0.1) is 12.8 Å². The van der Waals surface area contributed by atoms with Crippen molar-refractivity contribution in [3.05, 3.63) is 29.3 Å². The van der Waals surface area contributed by atoms with Crippen molar-refractivity contribution in [1.82, 2.24) is 0 Å². The molecule has 3 amide bonds. The van der Waals surface area contributed by atoms with Gasteiger partial charge in [-0.3, -0.25) is 14.4 Å². The van der Waals surface area contributed by atoms with E-state index in [2.05, 4.69) is 0 Å². The molecule has 1 atom stereocenters. The number of benzene rings is 1. The summed E-state index contributed by atoms with van der Waals surface area (Å²) in [6, 6.07) is 4.99. The first-order valence-electron chi connectivity index (χ1n) is 5.91. The Morgan fingerprint density at radius 1 is 1.32 bits per heavy atom. The first-order chi connectivity index (χ1) is 8.91. The van der Waals surface area contributed by atoms with E-state index in [1.807, 2.05) is 0 Å². The van der Waals surface area contributed by atoms with Crippen LogP contribution in [0.4, 0.5) is 5.69 Å². The van der Waals surface area contributed by atoms with Gasteiger partial charge in [-0.05, 0) is 24.6 Å². The molecule has 1 aromatic rings. The molecule has 0 aliphatic carbocycles. The summed E-state index contributed by atoms with van der Waals surface area (Å²) in [5.74, 6) is -1.69. The Hall–Kier alpha value is -2.37. The second-order valence-electron chi connectivity index (χ2n) is 4.62. The van der Waals surface area contributed by atoms with E-state index >= 15 is 0 Å². The summed E-state index contributed by atoms with van der Waals surface area (Å²) in [6.07, 6.45) is 0.107. The lowest BCUT2D eigenvalue weighted by Gasteiger charge is -2.20. The number of nitrogens with two attached hydrogens (primary N) is 2. The van der Waals surface area contributed by atoms with Gasteiger partial charge in [-0.1, -0.05) is 6.07 Å². The lowest BCUT2D eigenvalue weighted by atomic mass is 10.1. The fraction of sp³-hybridized carbons (Fsp3) is 0.308. The summed E-state index contributed by atoms with van der Waals surface area (Å²) >= 11 is 0. The number of anilines is 1. The smallest absolute Gasteiger partial charge is 0.249 e. The van der Waals surface area contributed by atoms with Crippen molar-refractivity contribution in [3.8, 4) is 0 Å². The van der Waals surface area contributed by atoms with Gasteiger partial charge in [-0.25, -0.2) is 0 Å². The number of hydrogen-bond acceptors (Lipinski definition) is 3. The molecule has 1 unspecified atom stereocenters. The molecule has 1 aromatic carbocycles. The molecule has 0 aromatic heterocycles. The van der Waals surface area contributed by atoms with Crippen LogP contribution in [0.5, 0.6) is 0 Å². The third-order valence-corrected chi connectivity index (χ3v) is 3.39. The minimum atomic E-state index is -0.544. The van der Waals surface area contributed by atoms with E-state index in [0.29, 0.717) is 16.8 Å². The maximum atomic E-state index is 11.9. The van der Waals surface area contributed by atoms with E-state index in [1.165, 1.54) is 4.90 Å². The average molecular weight is 261 g/mol. The molecule has 6 nitrogen and oxygen atoms in total. The molecule has 0 saturated carbocycles. The van der Waals surface area contributed by atoms with Crippen LogP contribution in [0.3, 0.4) is 0 Å². The highest BCUT2D eigenvalue weighted by molar-refractivity contribution is 6.02. The van der Waals surface area contributed by atoms with Crippen LogP contribution in [0.25, 0.3) is 0 Å². The maximum Gasteiger partial charge on any atom is 0.249 e. The SMILES string of the molecule is Cc1c(C(N)=O)cccc1N1CC(C(N)=O)CC1=O. The summed E-state index contributed by atoms with van der Waals surface area (Å²) in [5, 5.41) is 0. The predicted molar refractivity (Wildman–Crippen MR) is 69.4 cm³/mol. The summed E-state index contributed by atoms with van der Waals surface area (Å²) in [6.45, 7) is 1.97. The molecule has 1 saturated heterocycles. The van der Waals surface area contributed by atoms with Crippen LogP contribution in [0.2, 0.25) is 0 Å². The minimum Gasteiger partial charge on any atom is -0.369 e. The zero-order chi connectivity index (χ0) is 14.2. The fourth-order valence-corrected chi connectivity index (χ4v) is 2.31.